The Balaban J connectivity index is 3.46. The van der Waals surface area contributed by atoms with Gasteiger partial charge in [0, 0.05) is 6.61 Å². The van der Waals surface area contributed by atoms with E-state index >= 15 is 0 Å². The summed E-state index contributed by atoms with van der Waals surface area (Å²) in [5.74, 6) is -0.339. The van der Waals surface area contributed by atoms with Crippen molar-refractivity contribution < 1.29 is 14.3 Å². The van der Waals surface area contributed by atoms with Crippen LogP contribution < -0.4 is 0 Å². The minimum Gasteiger partial charge on any atom is -0.438 e. The van der Waals surface area contributed by atoms with Crippen LogP contribution in [0.15, 0.2) is 24.8 Å². The first-order valence-corrected chi connectivity index (χ1v) is 3.74. The van der Waals surface area contributed by atoms with Crippen molar-refractivity contribution in [2.45, 2.75) is 13.3 Å². The molecule has 0 aliphatic carbocycles. The topological polar surface area (TPSA) is 35.5 Å². The smallest absolute Gasteiger partial charge is 0.312 e. The standard InChI is InChI=1S/C9H14O3/c1-4-8(3)6-9(10)12-7-11-5-2/h4H,1,3,5-7H2,2H3. The molecule has 0 spiro atoms. The van der Waals surface area contributed by atoms with Crippen molar-refractivity contribution in [1.82, 2.24) is 0 Å². The van der Waals surface area contributed by atoms with E-state index in [9.17, 15) is 4.79 Å². The molecule has 0 atom stereocenters. The van der Waals surface area contributed by atoms with Gasteiger partial charge in [-0.2, -0.15) is 0 Å². The molecule has 0 N–H and O–H groups in total. The molecule has 0 aromatic carbocycles. The van der Waals surface area contributed by atoms with Crippen LogP contribution in [0.2, 0.25) is 0 Å². The number of allylic oxidation sites excluding steroid dienone is 1. The van der Waals surface area contributed by atoms with Gasteiger partial charge >= 0.3 is 5.97 Å². The predicted octanol–water partition coefficient (Wildman–Crippen LogP) is 1.66. The Labute approximate surface area is 72.7 Å². The molecule has 0 aromatic rings. The second-order valence-corrected chi connectivity index (χ2v) is 2.17. The molecule has 0 radical (unpaired) electrons. The molecular formula is C9H14O3. The third-order valence-corrected chi connectivity index (χ3v) is 1.17. The molecule has 0 heterocycles. The fourth-order valence-electron chi connectivity index (χ4n) is 0.499. The van der Waals surface area contributed by atoms with Crippen molar-refractivity contribution in [2.75, 3.05) is 13.4 Å². The van der Waals surface area contributed by atoms with Crippen LogP contribution in [0.4, 0.5) is 0 Å². The minimum atomic E-state index is -0.339. The van der Waals surface area contributed by atoms with E-state index in [1.54, 1.807) is 0 Å². The molecule has 0 fully saturated rings. The minimum absolute atomic E-state index is 0.0136. The third-order valence-electron chi connectivity index (χ3n) is 1.17. The van der Waals surface area contributed by atoms with E-state index in [0.717, 1.165) is 0 Å². The number of hydrogen-bond acceptors (Lipinski definition) is 3. The fourth-order valence-corrected chi connectivity index (χ4v) is 0.499. The molecule has 0 rings (SSSR count). The first-order chi connectivity index (χ1) is 5.70. The molecule has 0 aromatic heterocycles. The van der Waals surface area contributed by atoms with Crippen LogP contribution in [0.5, 0.6) is 0 Å². The molecule has 0 aliphatic rings. The largest absolute Gasteiger partial charge is 0.438 e. The molecule has 68 valence electrons. The molecule has 0 unspecified atom stereocenters. The van der Waals surface area contributed by atoms with Crippen molar-refractivity contribution >= 4 is 5.97 Å². The highest BCUT2D eigenvalue weighted by Crippen LogP contribution is 1.99. The SMILES string of the molecule is C=CC(=C)CC(=O)OCOCC. The molecule has 0 amide bonds. The van der Waals surface area contributed by atoms with Crippen molar-refractivity contribution in [3.05, 3.63) is 24.8 Å². The summed E-state index contributed by atoms with van der Waals surface area (Å²) in [6, 6.07) is 0. The molecule has 3 heteroatoms. The monoisotopic (exact) mass is 170 g/mol. The van der Waals surface area contributed by atoms with Gasteiger partial charge < -0.3 is 9.47 Å². The molecular weight excluding hydrogens is 156 g/mol. The van der Waals surface area contributed by atoms with Crippen LogP contribution >= 0.6 is 0 Å². The van der Waals surface area contributed by atoms with Crippen LogP contribution in [0.3, 0.4) is 0 Å². The summed E-state index contributed by atoms with van der Waals surface area (Å²) in [4.78, 5) is 10.9. The van der Waals surface area contributed by atoms with Gasteiger partial charge in [-0.15, -0.1) is 0 Å². The van der Waals surface area contributed by atoms with Gasteiger partial charge in [-0.3, -0.25) is 4.79 Å². The second kappa shape index (κ2) is 6.61. The van der Waals surface area contributed by atoms with E-state index in [4.69, 9.17) is 4.74 Å². The third kappa shape index (κ3) is 5.68. The summed E-state index contributed by atoms with van der Waals surface area (Å²) in [6.45, 7) is 9.43. The van der Waals surface area contributed by atoms with Crippen LogP contribution in [0.25, 0.3) is 0 Å². The first-order valence-electron chi connectivity index (χ1n) is 3.74. The summed E-state index contributed by atoms with van der Waals surface area (Å²) in [5, 5.41) is 0. The lowest BCUT2D eigenvalue weighted by molar-refractivity contribution is -0.154. The Kier molecular flexibility index (Phi) is 6.01. The van der Waals surface area contributed by atoms with Crippen LogP contribution in [0.1, 0.15) is 13.3 Å². The zero-order valence-corrected chi connectivity index (χ0v) is 7.34. The quantitative estimate of drug-likeness (QED) is 0.263. The number of carbonyl (C=O) groups excluding carboxylic acids is 1. The number of rotatable bonds is 6. The zero-order valence-electron chi connectivity index (χ0n) is 7.34. The van der Waals surface area contributed by atoms with Crippen LogP contribution in [-0.4, -0.2) is 19.4 Å². The fraction of sp³-hybridized carbons (Fsp3) is 0.444. The van der Waals surface area contributed by atoms with E-state index in [-0.39, 0.29) is 19.2 Å². The summed E-state index contributed by atoms with van der Waals surface area (Å²) in [5.41, 5.74) is 0.650. The predicted molar refractivity (Wildman–Crippen MR) is 46.5 cm³/mol. The molecule has 0 saturated heterocycles. The van der Waals surface area contributed by atoms with Gasteiger partial charge in [0.05, 0.1) is 6.42 Å². The Hall–Kier alpha value is -1.09. The van der Waals surface area contributed by atoms with Gasteiger partial charge in [-0.1, -0.05) is 19.2 Å². The van der Waals surface area contributed by atoms with Crippen LogP contribution in [-0.2, 0) is 14.3 Å². The van der Waals surface area contributed by atoms with Gasteiger partial charge in [0.15, 0.2) is 6.79 Å². The maximum Gasteiger partial charge on any atom is 0.312 e. The average molecular weight is 170 g/mol. The summed E-state index contributed by atoms with van der Waals surface area (Å²) in [7, 11) is 0. The maximum atomic E-state index is 10.9. The van der Waals surface area contributed by atoms with E-state index in [1.807, 2.05) is 6.92 Å². The van der Waals surface area contributed by atoms with Gasteiger partial charge in [0.1, 0.15) is 0 Å². The molecule has 0 bridgehead atoms. The Bertz CT molecular complexity index is 173. The second-order valence-electron chi connectivity index (χ2n) is 2.17. The molecule has 0 saturated carbocycles. The lowest BCUT2D eigenvalue weighted by atomic mass is 10.2. The summed E-state index contributed by atoms with van der Waals surface area (Å²) in [6.07, 6.45) is 1.71. The van der Waals surface area contributed by atoms with Gasteiger partial charge in [0.25, 0.3) is 0 Å². The highest BCUT2D eigenvalue weighted by atomic mass is 16.7. The zero-order chi connectivity index (χ0) is 9.40. The summed E-state index contributed by atoms with van der Waals surface area (Å²) < 4.78 is 9.51. The lowest BCUT2D eigenvalue weighted by Gasteiger charge is -2.03. The Morgan fingerprint density at radius 1 is 1.58 bits per heavy atom. The van der Waals surface area contributed by atoms with Crippen molar-refractivity contribution in [3.63, 3.8) is 0 Å². The lowest BCUT2D eigenvalue weighted by Crippen LogP contribution is -2.08. The highest BCUT2D eigenvalue weighted by molar-refractivity contribution is 5.72. The number of carbonyl (C=O) groups is 1. The normalized spacial score (nSPS) is 9.08. The highest BCUT2D eigenvalue weighted by Gasteiger charge is 2.02. The van der Waals surface area contributed by atoms with E-state index in [2.05, 4.69) is 17.9 Å². The van der Waals surface area contributed by atoms with Crippen molar-refractivity contribution in [2.24, 2.45) is 0 Å². The van der Waals surface area contributed by atoms with Crippen molar-refractivity contribution in [1.29, 1.82) is 0 Å². The maximum absolute atomic E-state index is 10.9. The first kappa shape index (κ1) is 10.9. The number of esters is 1. The van der Waals surface area contributed by atoms with Gasteiger partial charge in [-0.25, -0.2) is 0 Å². The van der Waals surface area contributed by atoms with E-state index in [1.165, 1.54) is 6.08 Å². The van der Waals surface area contributed by atoms with Gasteiger partial charge in [-0.05, 0) is 12.5 Å². The number of ether oxygens (including phenoxy) is 2. The Morgan fingerprint density at radius 2 is 2.25 bits per heavy atom. The van der Waals surface area contributed by atoms with E-state index in [0.29, 0.717) is 12.2 Å². The van der Waals surface area contributed by atoms with Crippen LogP contribution in [0, 0.1) is 0 Å². The van der Waals surface area contributed by atoms with Crippen molar-refractivity contribution in [3.8, 4) is 0 Å². The van der Waals surface area contributed by atoms with E-state index < -0.39 is 0 Å². The molecule has 12 heavy (non-hydrogen) atoms. The molecule has 3 nitrogen and oxygen atoms in total. The number of hydrogen-bond donors (Lipinski definition) is 0. The Morgan fingerprint density at radius 3 is 2.75 bits per heavy atom. The summed E-state index contributed by atoms with van der Waals surface area (Å²) >= 11 is 0. The van der Waals surface area contributed by atoms with Gasteiger partial charge in [0.2, 0.25) is 0 Å². The molecule has 0 aliphatic heterocycles. The average Bonchev–Trinajstić information content (AvgIpc) is 2.05.